The lowest BCUT2D eigenvalue weighted by Gasteiger charge is -2.09. The second-order valence-corrected chi connectivity index (χ2v) is 5.68. The molecule has 2 heterocycles. The first-order valence-electron chi connectivity index (χ1n) is 7.72. The zero-order valence-electron chi connectivity index (χ0n) is 12.8. The summed E-state index contributed by atoms with van der Waals surface area (Å²) in [6, 6.07) is 5.95. The maximum Gasteiger partial charge on any atom is 0.224 e. The van der Waals surface area contributed by atoms with Gasteiger partial charge in [-0.15, -0.1) is 12.4 Å². The van der Waals surface area contributed by atoms with Gasteiger partial charge in [-0.25, -0.2) is 0 Å². The van der Waals surface area contributed by atoms with Crippen molar-refractivity contribution >= 4 is 34.9 Å². The first kappa shape index (κ1) is 16.8. The van der Waals surface area contributed by atoms with Gasteiger partial charge in [0.25, 0.3) is 0 Å². The summed E-state index contributed by atoms with van der Waals surface area (Å²) in [7, 11) is 0. The number of aryl methyl sites for hydroxylation is 1. The van der Waals surface area contributed by atoms with Crippen LogP contribution in [0.1, 0.15) is 26.2 Å². The average Bonchev–Trinajstić information content (AvgIpc) is 3.14. The molecule has 2 N–H and O–H groups in total. The number of carbonyl (C=O) groups excluding carboxylic acids is 1. The molecule has 1 aromatic heterocycles. The van der Waals surface area contributed by atoms with E-state index in [0.717, 1.165) is 42.6 Å². The summed E-state index contributed by atoms with van der Waals surface area (Å²) in [4.78, 5) is 12.0. The van der Waals surface area contributed by atoms with Crippen molar-refractivity contribution in [2.24, 2.45) is 5.92 Å². The van der Waals surface area contributed by atoms with Crippen LogP contribution in [0.4, 0.5) is 5.69 Å². The van der Waals surface area contributed by atoms with Crippen molar-refractivity contribution in [1.29, 1.82) is 0 Å². The van der Waals surface area contributed by atoms with Gasteiger partial charge in [-0.05, 0) is 57.0 Å². The minimum Gasteiger partial charge on any atom is -0.326 e. The highest BCUT2D eigenvalue weighted by molar-refractivity contribution is 5.93. The summed E-state index contributed by atoms with van der Waals surface area (Å²) < 4.78 is 1.94. The van der Waals surface area contributed by atoms with Gasteiger partial charge in [0.05, 0.1) is 11.7 Å². The summed E-state index contributed by atoms with van der Waals surface area (Å²) >= 11 is 0. The lowest BCUT2D eigenvalue weighted by atomic mass is 10.0. The zero-order valence-corrected chi connectivity index (χ0v) is 13.7. The Morgan fingerprint density at radius 2 is 2.36 bits per heavy atom. The lowest BCUT2D eigenvalue weighted by Crippen LogP contribution is -2.15. The minimum atomic E-state index is 0. The average molecular weight is 323 g/mol. The molecule has 22 heavy (non-hydrogen) atoms. The quantitative estimate of drug-likeness (QED) is 0.890. The number of anilines is 1. The number of amides is 1. The van der Waals surface area contributed by atoms with E-state index in [4.69, 9.17) is 0 Å². The Labute approximate surface area is 136 Å². The van der Waals surface area contributed by atoms with Gasteiger partial charge >= 0.3 is 0 Å². The minimum absolute atomic E-state index is 0. The molecule has 0 aliphatic carbocycles. The van der Waals surface area contributed by atoms with Crippen LogP contribution in [0.25, 0.3) is 10.9 Å². The number of nitrogens with zero attached hydrogens (tertiary/aromatic N) is 2. The molecule has 1 fully saturated rings. The molecule has 1 atom stereocenters. The number of nitrogens with one attached hydrogen (secondary N) is 2. The fourth-order valence-electron chi connectivity index (χ4n) is 2.92. The highest BCUT2D eigenvalue weighted by Crippen LogP contribution is 2.20. The predicted octanol–water partition coefficient (Wildman–Crippen LogP) is 2.81. The highest BCUT2D eigenvalue weighted by atomic mass is 35.5. The maximum atomic E-state index is 12.0. The summed E-state index contributed by atoms with van der Waals surface area (Å²) in [5.41, 5.74) is 1.92. The van der Waals surface area contributed by atoms with E-state index in [1.807, 2.05) is 29.1 Å². The van der Waals surface area contributed by atoms with Crippen molar-refractivity contribution in [3.63, 3.8) is 0 Å². The van der Waals surface area contributed by atoms with Gasteiger partial charge < -0.3 is 10.6 Å². The number of fused-ring (bicyclic) bond motifs is 1. The Morgan fingerprint density at radius 1 is 1.50 bits per heavy atom. The summed E-state index contributed by atoms with van der Waals surface area (Å²) in [6.07, 6.45) is 4.61. The van der Waals surface area contributed by atoms with Gasteiger partial charge in [0, 0.05) is 24.0 Å². The Balaban J connectivity index is 0.00000176. The van der Waals surface area contributed by atoms with Crippen molar-refractivity contribution < 1.29 is 4.79 Å². The second kappa shape index (κ2) is 7.61. The summed E-state index contributed by atoms with van der Waals surface area (Å²) in [5.74, 6) is 0.753. The van der Waals surface area contributed by atoms with Gasteiger partial charge in [0.1, 0.15) is 0 Å². The first-order chi connectivity index (χ1) is 10.3. The summed E-state index contributed by atoms with van der Waals surface area (Å²) in [5, 5.41) is 11.8. The molecule has 0 bridgehead atoms. The van der Waals surface area contributed by atoms with Crippen LogP contribution in [0.2, 0.25) is 0 Å². The normalized spacial score (nSPS) is 17.4. The van der Waals surface area contributed by atoms with E-state index < -0.39 is 0 Å². The molecular formula is C16H23ClN4O. The lowest BCUT2D eigenvalue weighted by molar-refractivity contribution is -0.116. The topological polar surface area (TPSA) is 59.0 Å². The molecule has 1 aromatic carbocycles. The molecule has 1 aliphatic heterocycles. The SMILES string of the molecule is CCn1ncc2ccc(NC(=O)CCC3CCNC3)cc21.Cl. The molecule has 3 rings (SSSR count). The van der Waals surface area contributed by atoms with Crippen molar-refractivity contribution in [2.75, 3.05) is 18.4 Å². The number of aromatic nitrogens is 2. The smallest absolute Gasteiger partial charge is 0.224 e. The van der Waals surface area contributed by atoms with Gasteiger partial charge in [0.15, 0.2) is 0 Å². The van der Waals surface area contributed by atoms with E-state index in [9.17, 15) is 4.79 Å². The van der Waals surface area contributed by atoms with Gasteiger partial charge in [-0.1, -0.05) is 0 Å². The van der Waals surface area contributed by atoms with Crippen LogP contribution >= 0.6 is 12.4 Å². The number of benzene rings is 1. The molecule has 1 aliphatic rings. The Bertz CT molecular complexity index is 634. The number of halogens is 1. The van der Waals surface area contributed by atoms with Crippen molar-refractivity contribution in [1.82, 2.24) is 15.1 Å². The third-order valence-electron chi connectivity index (χ3n) is 4.17. The predicted molar refractivity (Wildman–Crippen MR) is 91.5 cm³/mol. The monoisotopic (exact) mass is 322 g/mol. The third kappa shape index (κ3) is 3.78. The van der Waals surface area contributed by atoms with E-state index in [1.54, 1.807) is 0 Å². The Kier molecular flexibility index (Phi) is 5.80. The van der Waals surface area contributed by atoms with Crippen LogP contribution in [0.15, 0.2) is 24.4 Å². The molecule has 2 aromatic rings. The molecule has 120 valence electrons. The largest absolute Gasteiger partial charge is 0.326 e. The van der Waals surface area contributed by atoms with E-state index in [-0.39, 0.29) is 18.3 Å². The molecule has 0 spiro atoms. The molecule has 0 saturated carbocycles. The number of carbonyl (C=O) groups is 1. The van der Waals surface area contributed by atoms with E-state index in [2.05, 4.69) is 22.7 Å². The number of hydrogen-bond donors (Lipinski definition) is 2. The van der Waals surface area contributed by atoms with E-state index in [0.29, 0.717) is 12.3 Å². The molecule has 6 heteroatoms. The van der Waals surface area contributed by atoms with Crippen LogP contribution in [-0.2, 0) is 11.3 Å². The zero-order chi connectivity index (χ0) is 14.7. The first-order valence-corrected chi connectivity index (χ1v) is 7.72. The fraction of sp³-hybridized carbons (Fsp3) is 0.500. The van der Waals surface area contributed by atoms with Gasteiger partial charge in [0.2, 0.25) is 5.91 Å². The number of rotatable bonds is 5. The Hall–Kier alpha value is -1.59. The fourth-order valence-corrected chi connectivity index (χ4v) is 2.92. The summed E-state index contributed by atoms with van der Waals surface area (Å²) in [6.45, 7) is 5.03. The van der Waals surface area contributed by atoms with Crippen molar-refractivity contribution in [2.45, 2.75) is 32.7 Å². The van der Waals surface area contributed by atoms with Crippen LogP contribution in [-0.4, -0.2) is 28.8 Å². The van der Waals surface area contributed by atoms with Crippen molar-refractivity contribution in [3.05, 3.63) is 24.4 Å². The van der Waals surface area contributed by atoms with Gasteiger partial charge in [-0.3, -0.25) is 9.48 Å². The molecule has 1 unspecified atom stereocenters. The Morgan fingerprint density at radius 3 is 3.09 bits per heavy atom. The molecule has 5 nitrogen and oxygen atoms in total. The van der Waals surface area contributed by atoms with Gasteiger partial charge in [-0.2, -0.15) is 5.10 Å². The van der Waals surface area contributed by atoms with Crippen LogP contribution in [0, 0.1) is 5.92 Å². The molecule has 1 saturated heterocycles. The molecular weight excluding hydrogens is 300 g/mol. The van der Waals surface area contributed by atoms with E-state index in [1.165, 1.54) is 6.42 Å². The molecule has 0 radical (unpaired) electrons. The van der Waals surface area contributed by atoms with Crippen molar-refractivity contribution in [3.8, 4) is 0 Å². The van der Waals surface area contributed by atoms with Crippen LogP contribution in [0.5, 0.6) is 0 Å². The maximum absolute atomic E-state index is 12.0. The standard InChI is InChI=1S/C16H22N4O.ClH/c1-2-20-15-9-14(5-4-13(15)11-18-20)19-16(21)6-3-12-7-8-17-10-12;/h4-5,9,11-12,17H,2-3,6-8,10H2,1H3,(H,19,21);1H. The van der Waals surface area contributed by atoms with Crippen LogP contribution in [0.3, 0.4) is 0 Å². The highest BCUT2D eigenvalue weighted by Gasteiger charge is 2.15. The van der Waals surface area contributed by atoms with Crippen LogP contribution < -0.4 is 10.6 Å². The van der Waals surface area contributed by atoms with E-state index >= 15 is 0 Å². The second-order valence-electron chi connectivity index (χ2n) is 5.68. The third-order valence-corrected chi connectivity index (χ3v) is 4.17. The molecule has 1 amide bonds. The number of hydrogen-bond acceptors (Lipinski definition) is 3.